The first-order valence-electron chi connectivity index (χ1n) is 10.0. The van der Waals surface area contributed by atoms with E-state index in [9.17, 15) is 4.79 Å². The lowest BCUT2D eigenvalue weighted by Gasteiger charge is -2.34. The summed E-state index contributed by atoms with van der Waals surface area (Å²) in [5, 5.41) is 4.80. The molecule has 4 rings (SSSR count). The minimum atomic E-state index is -0.155. The molecular formula is C22H24ClN5O2. The van der Waals surface area contributed by atoms with Crippen molar-refractivity contribution in [2.24, 2.45) is 0 Å². The number of carbonyl (C=O) groups excluding carboxylic acids is 1. The Morgan fingerprint density at radius 1 is 1.10 bits per heavy atom. The van der Waals surface area contributed by atoms with Crippen LogP contribution < -0.4 is 4.74 Å². The monoisotopic (exact) mass is 425 g/mol. The standard InChI is InChI=1S/C22H24ClN5O2/c1-2-30-20-9-8-19(23)21(25-20)22(29)27-12-10-26(11-13-27)15-17-14-24-28(16-17)18-6-4-3-5-7-18/h3-9,14,16H,2,10-13,15H2,1H3. The van der Waals surface area contributed by atoms with Crippen LogP contribution in [-0.4, -0.2) is 63.3 Å². The first-order chi connectivity index (χ1) is 14.6. The Morgan fingerprint density at radius 3 is 2.60 bits per heavy atom. The van der Waals surface area contributed by atoms with Crippen LogP contribution in [0.1, 0.15) is 23.0 Å². The fraction of sp³-hybridized carbons (Fsp3) is 0.318. The molecule has 0 bridgehead atoms. The molecule has 2 aromatic heterocycles. The lowest BCUT2D eigenvalue weighted by atomic mass is 10.2. The van der Waals surface area contributed by atoms with Crippen molar-refractivity contribution in [2.75, 3.05) is 32.8 Å². The van der Waals surface area contributed by atoms with Crippen molar-refractivity contribution in [2.45, 2.75) is 13.5 Å². The largest absolute Gasteiger partial charge is 0.478 e. The summed E-state index contributed by atoms with van der Waals surface area (Å²) in [4.78, 5) is 21.3. The Kier molecular flexibility index (Phi) is 6.30. The smallest absolute Gasteiger partial charge is 0.274 e. The van der Waals surface area contributed by atoms with Crippen LogP contribution in [0.2, 0.25) is 5.02 Å². The molecule has 1 aromatic carbocycles. The number of halogens is 1. The van der Waals surface area contributed by atoms with Crippen LogP contribution in [0, 0.1) is 0 Å². The second kappa shape index (κ2) is 9.28. The van der Waals surface area contributed by atoms with Gasteiger partial charge in [0.15, 0.2) is 5.69 Å². The molecule has 0 aliphatic carbocycles. The molecular weight excluding hydrogens is 402 g/mol. The van der Waals surface area contributed by atoms with E-state index in [4.69, 9.17) is 16.3 Å². The minimum absolute atomic E-state index is 0.155. The number of nitrogens with zero attached hydrogens (tertiary/aromatic N) is 5. The summed E-state index contributed by atoms with van der Waals surface area (Å²) < 4.78 is 7.28. The number of pyridine rings is 1. The SMILES string of the molecule is CCOc1ccc(Cl)c(C(=O)N2CCN(Cc3cnn(-c4ccccc4)c3)CC2)n1. The van der Waals surface area contributed by atoms with E-state index in [0.29, 0.717) is 30.6 Å². The van der Waals surface area contributed by atoms with E-state index in [1.807, 2.05) is 48.1 Å². The molecule has 1 saturated heterocycles. The van der Waals surface area contributed by atoms with E-state index in [1.165, 1.54) is 0 Å². The third kappa shape index (κ3) is 4.63. The van der Waals surface area contributed by atoms with Crippen molar-refractivity contribution in [1.82, 2.24) is 24.6 Å². The lowest BCUT2D eigenvalue weighted by molar-refractivity contribution is 0.0622. The molecule has 0 saturated carbocycles. The van der Waals surface area contributed by atoms with Gasteiger partial charge < -0.3 is 9.64 Å². The number of hydrogen-bond donors (Lipinski definition) is 0. The van der Waals surface area contributed by atoms with Gasteiger partial charge in [-0.2, -0.15) is 5.10 Å². The van der Waals surface area contributed by atoms with E-state index >= 15 is 0 Å². The van der Waals surface area contributed by atoms with Gasteiger partial charge in [-0.3, -0.25) is 9.69 Å². The molecule has 156 valence electrons. The number of para-hydroxylation sites is 1. The topological polar surface area (TPSA) is 63.5 Å². The maximum Gasteiger partial charge on any atom is 0.274 e. The summed E-state index contributed by atoms with van der Waals surface area (Å²) in [6.07, 6.45) is 3.95. The molecule has 1 amide bonds. The number of hydrogen-bond acceptors (Lipinski definition) is 5. The van der Waals surface area contributed by atoms with Crippen LogP contribution in [0.25, 0.3) is 5.69 Å². The Bertz CT molecular complexity index is 1000. The van der Waals surface area contributed by atoms with Crippen molar-refractivity contribution in [3.05, 3.63) is 71.1 Å². The summed E-state index contributed by atoms with van der Waals surface area (Å²) in [5.41, 5.74) is 2.44. The van der Waals surface area contributed by atoms with Crippen LogP contribution in [0.5, 0.6) is 5.88 Å². The molecule has 1 aliphatic heterocycles. The van der Waals surface area contributed by atoms with E-state index in [0.717, 1.165) is 30.9 Å². The molecule has 0 radical (unpaired) electrons. The molecule has 0 unspecified atom stereocenters. The Morgan fingerprint density at radius 2 is 1.87 bits per heavy atom. The van der Waals surface area contributed by atoms with Gasteiger partial charge in [-0.05, 0) is 25.1 Å². The van der Waals surface area contributed by atoms with E-state index < -0.39 is 0 Å². The molecule has 30 heavy (non-hydrogen) atoms. The summed E-state index contributed by atoms with van der Waals surface area (Å²) in [5.74, 6) is 0.261. The Balaban J connectivity index is 1.35. The second-order valence-corrected chi connectivity index (χ2v) is 7.52. The summed E-state index contributed by atoms with van der Waals surface area (Å²) in [6.45, 7) is 5.98. The predicted octanol–water partition coefficient (Wildman–Crippen LogP) is 3.28. The number of amides is 1. The highest BCUT2D eigenvalue weighted by molar-refractivity contribution is 6.33. The maximum atomic E-state index is 12.9. The van der Waals surface area contributed by atoms with Gasteiger partial charge in [-0.1, -0.05) is 29.8 Å². The molecule has 3 aromatic rings. The predicted molar refractivity (Wildman–Crippen MR) is 115 cm³/mol. The number of ether oxygens (including phenoxy) is 1. The molecule has 8 heteroatoms. The van der Waals surface area contributed by atoms with Crippen LogP contribution in [0.3, 0.4) is 0 Å². The van der Waals surface area contributed by atoms with Gasteiger partial charge in [0.05, 0.1) is 23.5 Å². The zero-order valence-corrected chi connectivity index (χ0v) is 17.6. The first-order valence-corrected chi connectivity index (χ1v) is 10.4. The van der Waals surface area contributed by atoms with Crippen molar-refractivity contribution >= 4 is 17.5 Å². The van der Waals surface area contributed by atoms with Crippen LogP contribution in [0.15, 0.2) is 54.9 Å². The van der Waals surface area contributed by atoms with Crippen molar-refractivity contribution in [3.63, 3.8) is 0 Å². The van der Waals surface area contributed by atoms with Gasteiger partial charge in [-0.15, -0.1) is 0 Å². The van der Waals surface area contributed by atoms with Crippen molar-refractivity contribution < 1.29 is 9.53 Å². The molecule has 1 fully saturated rings. The second-order valence-electron chi connectivity index (χ2n) is 7.11. The van der Waals surface area contributed by atoms with Gasteiger partial charge in [0.1, 0.15) is 0 Å². The third-order valence-corrected chi connectivity index (χ3v) is 5.34. The molecule has 0 atom stereocenters. The minimum Gasteiger partial charge on any atom is -0.478 e. The highest BCUT2D eigenvalue weighted by Crippen LogP contribution is 2.21. The highest BCUT2D eigenvalue weighted by atomic mass is 35.5. The van der Waals surface area contributed by atoms with Gasteiger partial charge in [0, 0.05) is 50.6 Å². The zero-order valence-electron chi connectivity index (χ0n) is 16.9. The Labute approximate surface area is 180 Å². The first kappa shape index (κ1) is 20.4. The van der Waals surface area contributed by atoms with Crippen molar-refractivity contribution in [3.8, 4) is 11.6 Å². The Hall–Kier alpha value is -2.90. The number of rotatable bonds is 6. The van der Waals surface area contributed by atoms with Crippen molar-refractivity contribution in [1.29, 1.82) is 0 Å². The lowest BCUT2D eigenvalue weighted by Crippen LogP contribution is -2.48. The van der Waals surface area contributed by atoms with Gasteiger partial charge in [-0.25, -0.2) is 9.67 Å². The van der Waals surface area contributed by atoms with Crippen LogP contribution in [-0.2, 0) is 6.54 Å². The zero-order chi connectivity index (χ0) is 20.9. The normalized spacial score (nSPS) is 14.7. The van der Waals surface area contributed by atoms with Gasteiger partial charge in [0.25, 0.3) is 5.91 Å². The van der Waals surface area contributed by atoms with E-state index in [-0.39, 0.29) is 11.6 Å². The average molecular weight is 426 g/mol. The number of aromatic nitrogens is 3. The van der Waals surface area contributed by atoms with E-state index in [1.54, 1.807) is 17.0 Å². The summed E-state index contributed by atoms with van der Waals surface area (Å²) in [6, 6.07) is 13.4. The third-order valence-electron chi connectivity index (χ3n) is 5.04. The summed E-state index contributed by atoms with van der Waals surface area (Å²) in [7, 11) is 0. The fourth-order valence-corrected chi connectivity index (χ4v) is 3.67. The molecule has 0 spiro atoms. The molecule has 3 heterocycles. The number of carbonyl (C=O) groups is 1. The average Bonchev–Trinajstić information content (AvgIpc) is 3.24. The quantitative estimate of drug-likeness (QED) is 0.606. The maximum absolute atomic E-state index is 12.9. The van der Waals surface area contributed by atoms with Gasteiger partial charge in [0.2, 0.25) is 5.88 Å². The number of benzene rings is 1. The summed E-state index contributed by atoms with van der Waals surface area (Å²) >= 11 is 6.21. The highest BCUT2D eigenvalue weighted by Gasteiger charge is 2.25. The van der Waals surface area contributed by atoms with Gasteiger partial charge >= 0.3 is 0 Å². The van der Waals surface area contributed by atoms with Crippen LogP contribution >= 0.6 is 11.6 Å². The van der Waals surface area contributed by atoms with E-state index in [2.05, 4.69) is 21.2 Å². The van der Waals surface area contributed by atoms with Crippen LogP contribution in [0.4, 0.5) is 0 Å². The molecule has 1 aliphatic rings. The fourth-order valence-electron chi connectivity index (χ4n) is 3.48. The number of piperazine rings is 1. The molecule has 7 nitrogen and oxygen atoms in total. The molecule has 0 N–H and O–H groups in total.